The number of carbonyl (C=O) groups excluding carboxylic acids is 2. The van der Waals surface area contributed by atoms with Gasteiger partial charge in [0.05, 0.1) is 46.6 Å². The third-order valence-corrected chi connectivity index (χ3v) is 10.9. The maximum atomic E-state index is 15.8. The van der Waals surface area contributed by atoms with Gasteiger partial charge in [-0.3, -0.25) is 24.5 Å². The number of nitrogens with zero attached hydrogens (tertiary/aromatic N) is 5. The summed E-state index contributed by atoms with van der Waals surface area (Å²) in [6.45, 7) is 10.5. The first kappa shape index (κ1) is 32.0. The molecule has 5 heterocycles. The summed E-state index contributed by atoms with van der Waals surface area (Å²) in [6, 6.07) is 12.7. The van der Waals surface area contributed by atoms with E-state index < -0.39 is 36.2 Å². The predicted molar refractivity (Wildman–Crippen MR) is 177 cm³/mol. The molecule has 13 heteroatoms. The van der Waals surface area contributed by atoms with Gasteiger partial charge in [0, 0.05) is 57.3 Å². The Morgan fingerprint density at radius 1 is 0.894 bits per heavy atom. The minimum atomic E-state index is -2.87. The van der Waals surface area contributed by atoms with E-state index in [1.165, 1.54) is 0 Å². The number of imide groups is 1. The van der Waals surface area contributed by atoms with Crippen LogP contribution in [0, 0.1) is 0 Å². The summed E-state index contributed by atoms with van der Waals surface area (Å²) in [4.78, 5) is 30.3. The fourth-order valence-corrected chi connectivity index (χ4v) is 7.50. The van der Waals surface area contributed by atoms with Gasteiger partial charge in [-0.1, -0.05) is 24.3 Å². The molecule has 0 spiro atoms. The predicted octanol–water partition coefficient (Wildman–Crippen LogP) is 3.43. The second-order valence-electron chi connectivity index (χ2n) is 14.4. The average molecular weight is 649 g/mol. The molecule has 2 aromatic carbocycles. The highest BCUT2D eigenvalue weighted by molar-refractivity contribution is 6.62. The molecule has 4 aliphatic heterocycles. The molecule has 0 bridgehead atoms. The van der Waals surface area contributed by atoms with E-state index >= 15 is 8.78 Å². The van der Waals surface area contributed by atoms with Gasteiger partial charge >= 0.3 is 7.12 Å². The molecule has 47 heavy (non-hydrogen) atoms. The molecule has 1 aromatic heterocycles. The van der Waals surface area contributed by atoms with Crippen LogP contribution < -0.4 is 20.6 Å². The maximum Gasteiger partial charge on any atom is 0.494 e. The summed E-state index contributed by atoms with van der Waals surface area (Å²) in [6.07, 6.45) is 1.09. The minimum absolute atomic E-state index is 0.255. The highest BCUT2D eigenvalue weighted by Gasteiger charge is 2.52. The van der Waals surface area contributed by atoms with Crippen molar-refractivity contribution in [2.45, 2.75) is 76.0 Å². The summed E-state index contributed by atoms with van der Waals surface area (Å²) in [5.41, 5.74) is 3.31. The summed E-state index contributed by atoms with van der Waals surface area (Å²) < 4.78 is 45.7. The number of rotatable bonds is 5. The number of fused-ring (bicyclic) bond motifs is 1. The zero-order valence-electron chi connectivity index (χ0n) is 27.8. The molecule has 3 aromatic rings. The van der Waals surface area contributed by atoms with E-state index in [9.17, 15) is 9.59 Å². The third kappa shape index (κ3) is 5.70. The molecule has 2 amide bonds. The summed E-state index contributed by atoms with van der Waals surface area (Å²) >= 11 is 0. The van der Waals surface area contributed by atoms with E-state index in [4.69, 9.17) is 14.4 Å². The molecule has 10 nitrogen and oxygen atoms in total. The zero-order valence-corrected chi connectivity index (χ0v) is 27.8. The maximum absolute atomic E-state index is 15.8. The van der Waals surface area contributed by atoms with Gasteiger partial charge in [-0.05, 0) is 64.2 Å². The van der Waals surface area contributed by atoms with E-state index in [0.29, 0.717) is 51.3 Å². The van der Waals surface area contributed by atoms with E-state index in [0.717, 1.165) is 27.7 Å². The number of halogens is 2. The number of para-hydroxylation sites is 1. The molecule has 0 radical (unpaired) electrons. The Bertz CT molecular complexity index is 1670. The smallest absolute Gasteiger partial charge is 0.399 e. The lowest BCUT2D eigenvalue weighted by atomic mass is 9.79. The molecule has 7 rings (SSSR count). The molecule has 0 aliphatic carbocycles. The number of benzene rings is 2. The van der Waals surface area contributed by atoms with Gasteiger partial charge in [0.1, 0.15) is 0 Å². The fourth-order valence-electron chi connectivity index (χ4n) is 7.50. The van der Waals surface area contributed by atoms with Crippen molar-refractivity contribution in [3.05, 3.63) is 48.2 Å². The number of aryl methyl sites for hydroxylation is 1. The summed E-state index contributed by atoms with van der Waals surface area (Å²) in [5, 5.41) is 8.03. The van der Waals surface area contributed by atoms with Gasteiger partial charge in [-0.2, -0.15) is 5.10 Å². The summed E-state index contributed by atoms with van der Waals surface area (Å²) in [7, 11) is 1.37. The van der Waals surface area contributed by atoms with E-state index in [2.05, 4.69) is 10.2 Å². The van der Waals surface area contributed by atoms with Gasteiger partial charge in [-0.25, -0.2) is 8.78 Å². The molecular weight excluding hydrogens is 605 g/mol. The zero-order chi connectivity index (χ0) is 33.3. The van der Waals surface area contributed by atoms with Crippen molar-refractivity contribution in [2.75, 3.05) is 49.1 Å². The summed E-state index contributed by atoms with van der Waals surface area (Å²) in [5.74, 6) is -3.92. The van der Waals surface area contributed by atoms with Crippen LogP contribution in [0.15, 0.2) is 42.5 Å². The first-order chi connectivity index (χ1) is 22.2. The van der Waals surface area contributed by atoms with Crippen LogP contribution in [0.2, 0.25) is 0 Å². The monoisotopic (exact) mass is 648 g/mol. The van der Waals surface area contributed by atoms with Crippen molar-refractivity contribution < 1.29 is 27.7 Å². The van der Waals surface area contributed by atoms with Crippen molar-refractivity contribution in [3.63, 3.8) is 0 Å². The second kappa shape index (κ2) is 11.6. The number of anilines is 2. The van der Waals surface area contributed by atoms with Crippen molar-refractivity contribution in [1.82, 2.24) is 20.0 Å². The Hall–Kier alpha value is -3.55. The number of carbonyl (C=O) groups is 2. The number of nitrogens with one attached hydrogen (secondary N) is 1. The molecular formula is C34H43BF2N6O4. The van der Waals surface area contributed by atoms with Crippen LogP contribution in [-0.4, -0.2) is 96.0 Å². The van der Waals surface area contributed by atoms with Gasteiger partial charge in [-0.15, -0.1) is 0 Å². The Kier molecular flexibility index (Phi) is 7.87. The SMILES string of the molecule is Cn1nc(C2CCC(=O)NC2=O)c2cccc(N3CCN([C@@H]4CCN(c5ccc(B6OC(C)(C)C(C)(C)O6)cc5)CC4(F)F)CC3)c21. The number of aromatic nitrogens is 2. The number of piperidine rings is 2. The van der Waals surface area contributed by atoms with Crippen LogP contribution in [-0.2, 0) is 25.9 Å². The molecule has 250 valence electrons. The molecule has 0 saturated carbocycles. The second-order valence-corrected chi connectivity index (χ2v) is 14.4. The highest BCUT2D eigenvalue weighted by Crippen LogP contribution is 2.39. The van der Waals surface area contributed by atoms with Gasteiger partial charge in [0.15, 0.2) is 0 Å². The number of piperazine rings is 1. The highest BCUT2D eigenvalue weighted by atomic mass is 19.3. The quantitative estimate of drug-likeness (QED) is 0.333. The van der Waals surface area contributed by atoms with Crippen molar-refractivity contribution in [1.29, 1.82) is 0 Å². The first-order valence-electron chi connectivity index (χ1n) is 16.6. The average Bonchev–Trinajstić information content (AvgIpc) is 3.47. The standard InChI is InChI=1S/C34H43BF2N6O4/c1-32(2)33(3,4)47-35(46-32)22-9-11-23(12-10-22)43-16-15-27(34(36,37)21-43)42-19-17-41(18-20-42)26-8-6-7-24-29(39-40(5)30(24)26)25-13-14-28(44)38-31(25)45/h6-12,25,27H,13-21H2,1-5H3,(H,38,44,45)/t25?,27-/m1/s1. The Morgan fingerprint density at radius 2 is 1.57 bits per heavy atom. The van der Waals surface area contributed by atoms with Crippen LogP contribution in [0.3, 0.4) is 0 Å². The largest absolute Gasteiger partial charge is 0.494 e. The number of hydrogen-bond donors (Lipinski definition) is 1. The number of hydrogen-bond acceptors (Lipinski definition) is 8. The van der Waals surface area contributed by atoms with Crippen molar-refractivity contribution >= 4 is 46.7 Å². The molecule has 1 N–H and O–H groups in total. The number of alkyl halides is 2. The topological polar surface area (TPSA) is 92.2 Å². The Morgan fingerprint density at radius 3 is 2.21 bits per heavy atom. The molecule has 1 unspecified atom stereocenters. The lowest BCUT2D eigenvalue weighted by Crippen LogP contribution is -2.62. The van der Waals surface area contributed by atoms with Crippen LogP contribution in [0.25, 0.3) is 10.9 Å². The Balaban J connectivity index is 0.997. The van der Waals surface area contributed by atoms with Gasteiger partial charge in [0.25, 0.3) is 5.92 Å². The fraction of sp³-hybridized carbons (Fsp3) is 0.559. The van der Waals surface area contributed by atoms with E-state index in [1.54, 1.807) is 9.58 Å². The van der Waals surface area contributed by atoms with Crippen molar-refractivity contribution in [2.24, 2.45) is 7.05 Å². The Labute approximate surface area is 274 Å². The van der Waals surface area contributed by atoms with Crippen LogP contribution in [0.4, 0.5) is 20.2 Å². The van der Waals surface area contributed by atoms with Gasteiger partial charge in [0.2, 0.25) is 11.8 Å². The number of amides is 2. The van der Waals surface area contributed by atoms with Crippen LogP contribution in [0.5, 0.6) is 0 Å². The molecule has 2 atom stereocenters. The molecule has 4 fully saturated rings. The normalized spacial score (nSPS) is 26.2. The van der Waals surface area contributed by atoms with E-state index in [1.807, 2.05) is 82.1 Å². The van der Waals surface area contributed by atoms with Crippen LogP contribution >= 0.6 is 0 Å². The lowest BCUT2D eigenvalue weighted by Gasteiger charge is -2.47. The first-order valence-corrected chi connectivity index (χ1v) is 16.6. The van der Waals surface area contributed by atoms with Crippen LogP contribution in [0.1, 0.15) is 58.6 Å². The minimum Gasteiger partial charge on any atom is -0.399 e. The van der Waals surface area contributed by atoms with Gasteiger partial charge < -0.3 is 19.1 Å². The lowest BCUT2D eigenvalue weighted by molar-refractivity contribution is -0.134. The van der Waals surface area contributed by atoms with Crippen molar-refractivity contribution in [3.8, 4) is 0 Å². The molecule has 4 aliphatic rings. The third-order valence-electron chi connectivity index (χ3n) is 10.9. The molecule has 4 saturated heterocycles. The van der Waals surface area contributed by atoms with E-state index in [-0.39, 0.29) is 24.8 Å².